The van der Waals surface area contributed by atoms with Gasteiger partial charge in [0.1, 0.15) is 5.75 Å². The van der Waals surface area contributed by atoms with Gasteiger partial charge in [-0.2, -0.15) is 13.2 Å². The van der Waals surface area contributed by atoms with Crippen LogP contribution in [0.3, 0.4) is 0 Å². The summed E-state index contributed by atoms with van der Waals surface area (Å²) in [5.41, 5.74) is 0.946. The predicted octanol–water partition coefficient (Wildman–Crippen LogP) is 3.23. The highest BCUT2D eigenvalue weighted by molar-refractivity contribution is 5.29. The molecule has 0 radical (unpaired) electrons. The second-order valence-corrected chi connectivity index (χ2v) is 4.96. The first-order chi connectivity index (χ1) is 9.89. The zero-order valence-corrected chi connectivity index (χ0v) is 12.7. The average Bonchev–Trinajstić information content (AvgIpc) is 2.43. The van der Waals surface area contributed by atoms with E-state index < -0.39 is 12.7 Å². The lowest BCUT2D eigenvalue weighted by Crippen LogP contribution is -2.40. The van der Waals surface area contributed by atoms with Crippen molar-refractivity contribution < 1.29 is 17.9 Å². The third-order valence-electron chi connectivity index (χ3n) is 3.25. The summed E-state index contributed by atoms with van der Waals surface area (Å²) in [4.78, 5) is 1.44. The Morgan fingerprint density at radius 1 is 1.24 bits per heavy atom. The number of ether oxygens (including phenoxy) is 1. The van der Waals surface area contributed by atoms with Crippen molar-refractivity contribution in [1.82, 2.24) is 10.2 Å². The number of alkyl halides is 3. The Bertz CT molecular complexity index is 406. The van der Waals surface area contributed by atoms with Gasteiger partial charge in [0.15, 0.2) is 0 Å². The third-order valence-corrected chi connectivity index (χ3v) is 3.25. The topological polar surface area (TPSA) is 24.5 Å². The van der Waals surface area contributed by atoms with Crippen molar-refractivity contribution in [2.45, 2.75) is 25.6 Å². The second kappa shape index (κ2) is 8.24. The maximum atomic E-state index is 12.6. The van der Waals surface area contributed by atoms with E-state index in [0.717, 1.165) is 11.3 Å². The molecule has 1 N–H and O–H groups in total. The van der Waals surface area contributed by atoms with E-state index in [1.165, 1.54) is 4.90 Å². The van der Waals surface area contributed by atoms with Gasteiger partial charge in [-0.05, 0) is 37.7 Å². The SMILES string of the molecule is CCCN(CC(NC)c1ccc(OC)cc1)CC(F)(F)F. The maximum Gasteiger partial charge on any atom is 0.401 e. The maximum absolute atomic E-state index is 12.6. The lowest BCUT2D eigenvalue weighted by atomic mass is 10.1. The van der Waals surface area contributed by atoms with Crippen LogP contribution in [-0.4, -0.2) is 44.9 Å². The fourth-order valence-corrected chi connectivity index (χ4v) is 2.26. The van der Waals surface area contributed by atoms with Gasteiger partial charge in [-0.1, -0.05) is 19.1 Å². The van der Waals surface area contributed by atoms with Crippen molar-refractivity contribution in [2.24, 2.45) is 0 Å². The van der Waals surface area contributed by atoms with Gasteiger partial charge in [0, 0.05) is 12.6 Å². The summed E-state index contributed by atoms with van der Waals surface area (Å²) in [6, 6.07) is 7.22. The van der Waals surface area contributed by atoms with Crippen LogP contribution in [0.2, 0.25) is 0 Å². The first-order valence-electron chi connectivity index (χ1n) is 7.00. The molecule has 0 saturated heterocycles. The molecule has 0 aliphatic rings. The van der Waals surface area contributed by atoms with Gasteiger partial charge in [-0.15, -0.1) is 0 Å². The van der Waals surface area contributed by atoms with Crippen LogP contribution in [0.1, 0.15) is 24.9 Å². The van der Waals surface area contributed by atoms with E-state index in [0.29, 0.717) is 19.5 Å². The molecule has 0 saturated carbocycles. The number of methoxy groups -OCH3 is 1. The molecule has 3 nitrogen and oxygen atoms in total. The van der Waals surface area contributed by atoms with Crippen molar-refractivity contribution in [1.29, 1.82) is 0 Å². The van der Waals surface area contributed by atoms with Crippen LogP contribution in [0.4, 0.5) is 13.2 Å². The van der Waals surface area contributed by atoms with E-state index in [-0.39, 0.29) is 6.04 Å². The Morgan fingerprint density at radius 2 is 1.86 bits per heavy atom. The zero-order valence-electron chi connectivity index (χ0n) is 12.7. The van der Waals surface area contributed by atoms with Crippen molar-refractivity contribution >= 4 is 0 Å². The van der Waals surface area contributed by atoms with E-state index in [9.17, 15) is 13.2 Å². The fourth-order valence-electron chi connectivity index (χ4n) is 2.26. The number of nitrogens with zero attached hydrogens (tertiary/aromatic N) is 1. The molecule has 120 valence electrons. The number of hydrogen-bond acceptors (Lipinski definition) is 3. The molecular weight excluding hydrogens is 281 g/mol. The van der Waals surface area contributed by atoms with E-state index in [1.807, 2.05) is 31.2 Å². The van der Waals surface area contributed by atoms with Crippen LogP contribution < -0.4 is 10.1 Å². The lowest BCUT2D eigenvalue weighted by molar-refractivity contribution is -0.146. The summed E-state index contributed by atoms with van der Waals surface area (Å²) < 4.78 is 42.9. The van der Waals surface area contributed by atoms with Crippen LogP contribution in [0.5, 0.6) is 5.75 Å². The number of benzene rings is 1. The van der Waals surface area contributed by atoms with E-state index in [4.69, 9.17) is 4.74 Å². The Kier molecular flexibility index (Phi) is 6.98. The quantitative estimate of drug-likeness (QED) is 0.798. The molecule has 0 aliphatic heterocycles. The largest absolute Gasteiger partial charge is 0.497 e. The summed E-state index contributed by atoms with van der Waals surface area (Å²) >= 11 is 0. The van der Waals surface area contributed by atoms with Gasteiger partial charge >= 0.3 is 6.18 Å². The molecule has 0 aromatic heterocycles. The normalized spacial score (nSPS) is 13.5. The molecule has 0 aliphatic carbocycles. The van der Waals surface area contributed by atoms with Crippen LogP contribution in [0.25, 0.3) is 0 Å². The van der Waals surface area contributed by atoms with Crippen LogP contribution in [0, 0.1) is 0 Å². The summed E-state index contributed by atoms with van der Waals surface area (Å²) in [6.07, 6.45) is -3.48. The zero-order chi connectivity index (χ0) is 15.9. The fraction of sp³-hybridized carbons (Fsp3) is 0.600. The van der Waals surface area contributed by atoms with Crippen LogP contribution in [-0.2, 0) is 0 Å². The molecule has 1 unspecified atom stereocenters. The lowest BCUT2D eigenvalue weighted by Gasteiger charge is -2.28. The van der Waals surface area contributed by atoms with Gasteiger partial charge in [0.05, 0.1) is 13.7 Å². The van der Waals surface area contributed by atoms with Gasteiger partial charge in [-0.3, -0.25) is 4.90 Å². The van der Waals surface area contributed by atoms with Crippen molar-refractivity contribution in [3.05, 3.63) is 29.8 Å². The van der Waals surface area contributed by atoms with Crippen molar-refractivity contribution in [2.75, 3.05) is 33.8 Å². The highest BCUT2D eigenvalue weighted by atomic mass is 19.4. The third kappa shape index (κ3) is 6.35. The molecule has 0 amide bonds. The first kappa shape index (κ1) is 17.8. The van der Waals surface area contributed by atoms with E-state index >= 15 is 0 Å². The first-order valence-corrected chi connectivity index (χ1v) is 7.00. The standard InChI is InChI=1S/C15H23F3N2O/c1-4-9-20(11-15(16,17)18)10-14(19-2)12-5-7-13(21-3)8-6-12/h5-8,14,19H,4,9-11H2,1-3H3. The van der Waals surface area contributed by atoms with Gasteiger partial charge in [-0.25, -0.2) is 0 Å². The Morgan fingerprint density at radius 3 is 2.29 bits per heavy atom. The van der Waals surface area contributed by atoms with Crippen molar-refractivity contribution in [3.63, 3.8) is 0 Å². The minimum atomic E-state index is -4.17. The summed E-state index contributed by atoms with van der Waals surface area (Å²) in [5, 5.41) is 3.08. The highest BCUT2D eigenvalue weighted by Crippen LogP contribution is 2.21. The molecule has 0 fully saturated rings. The highest BCUT2D eigenvalue weighted by Gasteiger charge is 2.31. The molecule has 1 aromatic rings. The molecular formula is C15H23F3N2O. The molecule has 1 rings (SSSR count). The predicted molar refractivity (Wildman–Crippen MR) is 77.6 cm³/mol. The Hall–Kier alpha value is -1.27. The number of hydrogen-bond donors (Lipinski definition) is 1. The van der Waals surface area contributed by atoms with Gasteiger partial charge in [0.25, 0.3) is 0 Å². The summed E-state index contributed by atoms with van der Waals surface area (Å²) in [6.45, 7) is 1.74. The average molecular weight is 304 g/mol. The van der Waals surface area contributed by atoms with Crippen LogP contribution in [0.15, 0.2) is 24.3 Å². The smallest absolute Gasteiger partial charge is 0.401 e. The van der Waals surface area contributed by atoms with E-state index in [1.54, 1.807) is 14.2 Å². The molecule has 21 heavy (non-hydrogen) atoms. The minimum Gasteiger partial charge on any atom is -0.497 e. The number of rotatable bonds is 8. The molecule has 6 heteroatoms. The summed E-state index contributed by atoms with van der Waals surface area (Å²) in [5.74, 6) is 0.731. The number of likely N-dealkylation sites (N-methyl/N-ethyl adjacent to an activating group) is 1. The molecule has 1 atom stereocenters. The summed E-state index contributed by atoms with van der Waals surface area (Å²) in [7, 11) is 3.34. The second-order valence-electron chi connectivity index (χ2n) is 4.96. The van der Waals surface area contributed by atoms with Crippen molar-refractivity contribution in [3.8, 4) is 5.75 Å². The van der Waals surface area contributed by atoms with Gasteiger partial charge in [0.2, 0.25) is 0 Å². The Balaban J connectivity index is 2.76. The van der Waals surface area contributed by atoms with Crippen LogP contribution >= 0.6 is 0 Å². The molecule has 0 spiro atoms. The Labute approximate surface area is 124 Å². The minimum absolute atomic E-state index is 0.148. The van der Waals surface area contributed by atoms with Gasteiger partial charge < -0.3 is 10.1 Å². The molecule has 0 bridgehead atoms. The number of halogens is 3. The molecule has 1 aromatic carbocycles. The van der Waals surface area contributed by atoms with E-state index in [2.05, 4.69) is 5.32 Å². The monoisotopic (exact) mass is 304 g/mol. The number of nitrogens with one attached hydrogen (secondary N) is 1. The molecule has 0 heterocycles.